The van der Waals surface area contributed by atoms with Crippen LogP contribution in [0.2, 0.25) is 10.0 Å². The van der Waals surface area contributed by atoms with E-state index >= 15 is 0 Å². The van der Waals surface area contributed by atoms with E-state index in [-0.39, 0.29) is 5.91 Å². The average Bonchev–Trinajstić information content (AvgIpc) is 3.37. The minimum absolute atomic E-state index is 0.0252. The lowest BCUT2D eigenvalue weighted by atomic mass is 10.1. The number of hydrogen-bond donors (Lipinski definition) is 0. The van der Waals surface area contributed by atoms with Crippen molar-refractivity contribution in [3.05, 3.63) is 97.8 Å². The molecule has 0 unspecified atom stereocenters. The van der Waals surface area contributed by atoms with Crippen LogP contribution in [0.15, 0.2) is 86.6 Å². The molecule has 2 aliphatic rings. The molecular weight excluding hydrogens is 517 g/mol. The van der Waals surface area contributed by atoms with E-state index in [1.165, 1.54) is 17.3 Å². The van der Waals surface area contributed by atoms with Gasteiger partial charge in [-0.1, -0.05) is 71.4 Å². The van der Waals surface area contributed by atoms with E-state index in [2.05, 4.69) is 24.0 Å². The van der Waals surface area contributed by atoms with E-state index in [1.807, 2.05) is 61.5 Å². The second-order valence-corrected chi connectivity index (χ2v) is 11.1. The fourth-order valence-electron chi connectivity index (χ4n) is 4.00. The van der Waals surface area contributed by atoms with Gasteiger partial charge in [-0.2, -0.15) is 0 Å². The number of thioether (sulfide) groups is 2. The summed E-state index contributed by atoms with van der Waals surface area (Å²) >= 11 is 15.7. The molecule has 8 heteroatoms. The highest BCUT2D eigenvalue weighted by atomic mass is 35.5. The van der Waals surface area contributed by atoms with E-state index in [0.29, 0.717) is 26.7 Å². The SMILES string of the molecule is CCN1/C(=C2/SC(=Nc3ccc(C)c(Cl)c3)N(CCc3ccccc3)C2=O)Sc2ccc(Cl)cc21. The van der Waals surface area contributed by atoms with Crippen LogP contribution in [0.4, 0.5) is 11.4 Å². The zero-order valence-corrected chi connectivity index (χ0v) is 22.4. The number of anilines is 1. The third-order valence-corrected chi connectivity index (χ3v) is 8.91. The van der Waals surface area contributed by atoms with Crippen LogP contribution < -0.4 is 4.90 Å². The first kappa shape index (κ1) is 24.3. The number of fused-ring (bicyclic) bond motifs is 1. The molecule has 2 aliphatic heterocycles. The highest BCUT2D eigenvalue weighted by molar-refractivity contribution is 8.19. The Labute approximate surface area is 224 Å². The lowest BCUT2D eigenvalue weighted by molar-refractivity contribution is -0.122. The fraction of sp³-hybridized carbons (Fsp3) is 0.185. The van der Waals surface area contributed by atoms with Crippen molar-refractivity contribution in [2.24, 2.45) is 4.99 Å². The first-order valence-electron chi connectivity index (χ1n) is 11.3. The molecule has 0 aliphatic carbocycles. The highest BCUT2D eigenvalue weighted by Crippen LogP contribution is 2.51. The predicted octanol–water partition coefficient (Wildman–Crippen LogP) is 7.91. The third kappa shape index (κ3) is 4.98. The van der Waals surface area contributed by atoms with Gasteiger partial charge in [0.15, 0.2) is 5.17 Å². The minimum Gasteiger partial charge on any atom is -0.334 e. The van der Waals surface area contributed by atoms with Gasteiger partial charge in [-0.05, 0) is 73.5 Å². The molecule has 1 amide bonds. The van der Waals surface area contributed by atoms with Gasteiger partial charge in [-0.15, -0.1) is 0 Å². The predicted molar refractivity (Wildman–Crippen MR) is 150 cm³/mol. The minimum atomic E-state index is -0.0252. The zero-order chi connectivity index (χ0) is 24.5. The van der Waals surface area contributed by atoms with Crippen molar-refractivity contribution in [1.29, 1.82) is 0 Å². The number of aryl methyl sites for hydroxylation is 1. The van der Waals surface area contributed by atoms with Crippen LogP contribution >= 0.6 is 46.7 Å². The van der Waals surface area contributed by atoms with Gasteiger partial charge in [0.05, 0.1) is 11.4 Å². The van der Waals surface area contributed by atoms with Gasteiger partial charge in [0.2, 0.25) is 0 Å². The summed E-state index contributed by atoms with van der Waals surface area (Å²) in [5.74, 6) is -0.0252. The number of nitrogens with zero attached hydrogens (tertiary/aromatic N) is 3. The lowest BCUT2D eigenvalue weighted by Crippen LogP contribution is -2.32. The largest absolute Gasteiger partial charge is 0.334 e. The van der Waals surface area contributed by atoms with Gasteiger partial charge in [0.25, 0.3) is 5.91 Å². The summed E-state index contributed by atoms with van der Waals surface area (Å²) in [5, 5.41) is 2.93. The Bertz CT molecular complexity index is 1360. The number of hydrogen-bond acceptors (Lipinski definition) is 5. The summed E-state index contributed by atoms with van der Waals surface area (Å²) in [7, 11) is 0. The van der Waals surface area contributed by atoms with Crippen LogP contribution in [-0.2, 0) is 11.2 Å². The van der Waals surface area contributed by atoms with E-state index in [1.54, 1.807) is 16.7 Å². The monoisotopic (exact) mass is 539 g/mol. The summed E-state index contributed by atoms with van der Waals surface area (Å²) in [6, 6.07) is 21.8. The number of amides is 1. The standard InChI is InChI=1S/C27H23Cl2N3OS2/c1-3-31-22-15-19(28)10-12-23(22)34-26(31)24-25(33)32(14-13-18-7-5-4-6-8-18)27(35-24)30-20-11-9-17(2)21(29)16-20/h4-12,15-16H,3,13-14H2,1-2H3/b26-24-,30-27?. The normalized spacial score (nSPS) is 18.6. The number of benzene rings is 3. The van der Waals surface area contributed by atoms with Crippen molar-refractivity contribution in [2.75, 3.05) is 18.0 Å². The quantitative estimate of drug-likeness (QED) is 0.308. The molecule has 0 atom stereocenters. The van der Waals surface area contributed by atoms with Crippen molar-refractivity contribution >= 4 is 69.2 Å². The van der Waals surface area contributed by atoms with E-state index in [0.717, 1.165) is 39.8 Å². The Morgan fingerprint density at radius 3 is 2.49 bits per heavy atom. The first-order valence-corrected chi connectivity index (χ1v) is 13.7. The molecule has 0 aromatic heterocycles. The molecule has 178 valence electrons. The molecule has 3 aromatic carbocycles. The number of carbonyl (C=O) groups excluding carboxylic acids is 1. The molecule has 0 saturated carbocycles. The maximum Gasteiger partial charge on any atom is 0.269 e. The summed E-state index contributed by atoms with van der Waals surface area (Å²) in [4.78, 5) is 24.4. The Balaban J connectivity index is 1.53. The summed E-state index contributed by atoms with van der Waals surface area (Å²) in [6.45, 7) is 5.32. The van der Waals surface area contributed by atoms with Crippen LogP contribution in [0.25, 0.3) is 0 Å². The van der Waals surface area contributed by atoms with Crippen LogP contribution in [0.1, 0.15) is 18.1 Å². The topological polar surface area (TPSA) is 35.9 Å². The third-order valence-electron chi connectivity index (χ3n) is 5.88. The molecule has 0 bridgehead atoms. The first-order chi connectivity index (χ1) is 16.9. The molecule has 3 aromatic rings. The van der Waals surface area contributed by atoms with E-state index < -0.39 is 0 Å². The van der Waals surface area contributed by atoms with Crippen molar-refractivity contribution in [1.82, 2.24) is 4.90 Å². The summed E-state index contributed by atoms with van der Waals surface area (Å²) in [5.41, 5.74) is 3.93. The molecule has 1 fully saturated rings. The van der Waals surface area contributed by atoms with E-state index in [9.17, 15) is 4.79 Å². The van der Waals surface area contributed by atoms with Crippen LogP contribution in [0.3, 0.4) is 0 Å². The second-order valence-electron chi connectivity index (χ2n) is 8.21. The van der Waals surface area contributed by atoms with Crippen molar-refractivity contribution in [2.45, 2.75) is 25.2 Å². The average molecular weight is 541 g/mol. The Kier molecular flexibility index (Phi) is 7.17. The van der Waals surface area contributed by atoms with Gasteiger partial charge in [0.1, 0.15) is 9.93 Å². The van der Waals surface area contributed by atoms with Gasteiger partial charge in [-0.25, -0.2) is 4.99 Å². The lowest BCUT2D eigenvalue weighted by Gasteiger charge is -2.19. The number of rotatable bonds is 5. The number of aliphatic imine (C=N–C) groups is 1. The number of amidine groups is 1. The van der Waals surface area contributed by atoms with E-state index in [4.69, 9.17) is 28.2 Å². The number of carbonyl (C=O) groups is 1. The van der Waals surface area contributed by atoms with Gasteiger partial charge >= 0.3 is 0 Å². The Hall–Kier alpha value is -2.38. The van der Waals surface area contributed by atoms with Crippen LogP contribution in [-0.4, -0.2) is 29.1 Å². The molecule has 35 heavy (non-hydrogen) atoms. The van der Waals surface area contributed by atoms with Crippen molar-refractivity contribution < 1.29 is 4.79 Å². The van der Waals surface area contributed by atoms with Gasteiger partial charge in [0, 0.05) is 28.0 Å². The number of halogens is 2. The highest BCUT2D eigenvalue weighted by Gasteiger charge is 2.39. The van der Waals surface area contributed by atoms with Gasteiger partial charge < -0.3 is 4.90 Å². The van der Waals surface area contributed by atoms with Crippen LogP contribution in [0.5, 0.6) is 0 Å². The molecule has 1 saturated heterocycles. The van der Waals surface area contributed by atoms with Gasteiger partial charge in [-0.3, -0.25) is 9.69 Å². The zero-order valence-electron chi connectivity index (χ0n) is 19.3. The summed E-state index contributed by atoms with van der Waals surface area (Å²) < 4.78 is 0. The van der Waals surface area contributed by atoms with Crippen molar-refractivity contribution in [3.8, 4) is 0 Å². The molecule has 5 rings (SSSR count). The maximum absolute atomic E-state index is 13.8. The smallest absolute Gasteiger partial charge is 0.269 e. The Morgan fingerprint density at radius 2 is 1.74 bits per heavy atom. The summed E-state index contributed by atoms with van der Waals surface area (Å²) in [6.07, 6.45) is 0.740. The molecular formula is C27H23Cl2N3OS2. The second kappa shape index (κ2) is 10.3. The molecule has 4 nitrogen and oxygen atoms in total. The Morgan fingerprint density at radius 1 is 0.943 bits per heavy atom. The molecule has 0 spiro atoms. The molecule has 0 N–H and O–H groups in total. The van der Waals surface area contributed by atoms with Crippen molar-refractivity contribution in [3.63, 3.8) is 0 Å². The molecule has 2 heterocycles. The fourth-order valence-corrected chi connectivity index (χ4v) is 6.74. The van der Waals surface area contributed by atoms with Crippen LogP contribution in [0, 0.1) is 6.92 Å². The molecule has 0 radical (unpaired) electrons. The maximum atomic E-state index is 13.8.